The second-order valence-corrected chi connectivity index (χ2v) is 7.43. The molecule has 1 aromatic heterocycles. The number of ketones is 1. The summed E-state index contributed by atoms with van der Waals surface area (Å²) in [6, 6.07) is 7.63. The zero-order chi connectivity index (χ0) is 19.7. The predicted octanol–water partition coefficient (Wildman–Crippen LogP) is 2.55. The number of nitrogens with zero attached hydrogens (tertiary/aromatic N) is 2. The lowest BCUT2D eigenvalue weighted by atomic mass is 9.78. The first-order valence-corrected chi connectivity index (χ1v) is 9.28. The van der Waals surface area contributed by atoms with Crippen LogP contribution in [0.2, 0.25) is 0 Å². The number of nitrogens with one attached hydrogen (secondary N) is 2. The molecule has 1 saturated heterocycles. The lowest BCUT2D eigenvalue weighted by Gasteiger charge is -2.45. The number of aromatic nitrogens is 1. The molecule has 1 spiro atoms. The van der Waals surface area contributed by atoms with Gasteiger partial charge in [-0.05, 0) is 42.7 Å². The fraction of sp³-hybridized carbons (Fsp3) is 0.350. The van der Waals surface area contributed by atoms with Gasteiger partial charge in [-0.15, -0.1) is 0 Å². The van der Waals surface area contributed by atoms with E-state index in [2.05, 4.69) is 15.6 Å². The lowest BCUT2D eigenvalue weighted by molar-refractivity contribution is 0.0915. The van der Waals surface area contributed by atoms with Crippen molar-refractivity contribution in [2.75, 3.05) is 24.1 Å². The van der Waals surface area contributed by atoms with Crippen molar-refractivity contribution in [3.8, 4) is 0 Å². The SMILES string of the molecule is Nc1ccc(CNC(=O)N2CCC3(CC2)CC(=O)c2cc(F)ccc2N3)cn1. The highest BCUT2D eigenvalue weighted by molar-refractivity contribution is 6.04. The van der Waals surface area contributed by atoms with Crippen molar-refractivity contribution in [1.82, 2.24) is 15.2 Å². The lowest BCUT2D eigenvalue weighted by Crippen LogP contribution is -2.55. The minimum absolute atomic E-state index is 0.0537. The number of hydrogen-bond donors (Lipinski definition) is 3. The number of likely N-dealkylation sites (tertiary alicyclic amines) is 1. The number of carbonyl (C=O) groups is 2. The Bertz CT molecular complexity index is 907. The number of nitrogens with two attached hydrogens (primary N) is 1. The van der Waals surface area contributed by atoms with Crippen LogP contribution in [0, 0.1) is 5.82 Å². The van der Waals surface area contributed by atoms with Crippen molar-refractivity contribution in [2.45, 2.75) is 31.3 Å². The molecule has 0 unspecified atom stereocenters. The van der Waals surface area contributed by atoms with E-state index < -0.39 is 5.82 Å². The molecule has 7 nitrogen and oxygen atoms in total. The zero-order valence-electron chi connectivity index (χ0n) is 15.4. The fourth-order valence-electron chi connectivity index (χ4n) is 3.86. The maximum Gasteiger partial charge on any atom is 0.317 e. The summed E-state index contributed by atoms with van der Waals surface area (Å²) < 4.78 is 13.4. The van der Waals surface area contributed by atoms with E-state index in [1.165, 1.54) is 12.1 Å². The highest BCUT2D eigenvalue weighted by Gasteiger charge is 2.41. The van der Waals surface area contributed by atoms with Gasteiger partial charge in [-0.1, -0.05) is 6.07 Å². The molecule has 146 valence electrons. The van der Waals surface area contributed by atoms with E-state index >= 15 is 0 Å². The molecule has 3 heterocycles. The van der Waals surface area contributed by atoms with Gasteiger partial charge in [0, 0.05) is 49.0 Å². The summed E-state index contributed by atoms with van der Waals surface area (Å²) in [5, 5.41) is 6.31. The predicted molar refractivity (Wildman–Crippen MR) is 103 cm³/mol. The summed E-state index contributed by atoms with van der Waals surface area (Å²) in [5.41, 5.74) is 7.14. The van der Waals surface area contributed by atoms with Crippen LogP contribution in [0.5, 0.6) is 0 Å². The Labute approximate surface area is 162 Å². The number of carbonyl (C=O) groups excluding carboxylic acids is 2. The number of Topliss-reactive ketones (excluding diaryl/α,β-unsaturated/α-hetero) is 1. The molecule has 2 aromatic rings. The summed E-state index contributed by atoms with van der Waals surface area (Å²) in [5.74, 6) is -0.0232. The van der Waals surface area contributed by atoms with E-state index in [9.17, 15) is 14.0 Å². The summed E-state index contributed by atoms with van der Waals surface area (Å²) in [7, 11) is 0. The first-order chi connectivity index (χ1) is 13.4. The van der Waals surface area contributed by atoms with E-state index in [0.717, 1.165) is 5.56 Å². The van der Waals surface area contributed by atoms with Gasteiger partial charge in [-0.3, -0.25) is 4.79 Å². The van der Waals surface area contributed by atoms with E-state index in [1.54, 1.807) is 23.2 Å². The summed E-state index contributed by atoms with van der Waals surface area (Å²) in [6.45, 7) is 1.47. The molecule has 0 atom stereocenters. The molecular formula is C20H22FN5O2. The average molecular weight is 383 g/mol. The molecule has 2 amide bonds. The number of benzene rings is 1. The van der Waals surface area contributed by atoms with Crippen molar-refractivity contribution in [1.29, 1.82) is 0 Å². The van der Waals surface area contributed by atoms with Crippen molar-refractivity contribution >= 4 is 23.3 Å². The maximum absolute atomic E-state index is 13.4. The summed E-state index contributed by atoms with van der Waals surface area (Å²) in [6.07, 6.45) is 3.27. The van der Waals surface area contributed by atoms with Gasteiger partial charge < -0.3 is 21.3 Å². The number of fused-ring (bicyclic) bond motifs is 1. The number of piperidine rings is 1. The quantitative estimate of drug-likeness (QED) is 0.740. The number of urea groups is 1. The Morgan fingerprint density at radius 3 is 2.79 bits per heavy atom. The van der Waals surface area contributed by atoms with Crippen LogP contribution in [0.15, 0.2) is 36.5 Å². The van der Waals surface area contributed by atoms with Gasteiger partial charge in [0.1, 0.15) is 11.6 Å². The van der Waals surface area contributed by atoms with E-state index in [4.69, 9.17) is 5.73 Å². The number of nitrogen functional groups attached to an aromatic ring is 1. The highest BCUT2D eigenvalue weighted by atomic mass is 19.1. The zero-order valence-corrected chi connectivity index (χ0v) is 15.4. The Morgan fingerprint density at radius 2 is 2.07 bits per heavy atom. The number of pyridine rings is 1. The van der Waals surface area contributed by atoms with Gasteiger partial charge in [0.25, 0.3) is 0 Å². The Kier molecular flexibility index (Phi) is 4.62. The smallest absolute Gasteiger partial charge is 0.317 e. The van der Waals surface area contributed by atoms with Crippen LogP contribution in [0.4, 0.5) is 20.7 Å². The molecular weight excluding hydrogens is 361 g/mol. The van der Waals surface area contributed by atoms with Gasteiger partial charge >= 0.3 is 6.03 Å². The van der Waals surface area contributed by atoms with E-state index in [-0.39, 0.29) is 17.4 Å². The molecule has 0 aliphatic carbocycles. The molecule has 4 rings (SSSR count). The van der Waals surface area contributed by atoms with Crippen LogP contribution in [-0.2, 0) is 6.54 Å². The van der Waals surface area contributed by atoms with Gasteiger partial charge in [0.2, 0.25) is 0 Å². The van der Waals surface area contributed by atoms with Crippen LogP contribution in [0.25, 0.3) is 0 Å². The van der Waals surface area contributed by atoms with Gasteiger partial charge in [0.15, 0.2) is 5.78 Å². The monoisotopic (exact) mass is 383 g/mol. The molecule has 0 radical (unpaired) electrons. The van der Waals surface area contributed by atoms with Crippen molar-refractivity contribution in [3.05, 3.63) is 53.5 Å². The molecule has 28 heavy (non-hydrogen) atoms. The van der Waals surface area contributed by atoms with Crippen molar-refractivity contribution in [3.63, 3.8) is 0 Å². The molecule has 4 N–H and O–H groups in total. The fourth-order valence-corrected chi connectivity index (χ4v) is 3.86. The van der Waals surface area contributed by atoms with Crippen LogP contribution in [-0.4, -0.2) is 40.3 Å². The minimum Gasteiger partial charge on any atom is -0.384 e. The van der Waals surface area contributed by atoms with Gasteiger partial charge in [-0.2, -0.15) is 0 Å². The summed E-state index contributed by atoms with van der Waals surface area (Å²) >= 11 is 0. The number of halogens is 1. The molecule has 2 aliphatic rings. The minimum atomic E-state index is -0.410. The third kappa shape index (κ3) is 3.62. The van der Waals surface area contributed by atoms with Crippen LogP contribution < -0.4 is 16.4 Å². The second kappa shape index (κ2) is 7.10. The summed E-state index contributed by atoms with van der Waals surface area (Å²) in [4.78, 5) is 30.7. The van der Waals surface area contributed by atoms with Crippen molar-refractivity contribution in [2.24, 2.45) is 0 Å². The largest absolute Gasteiger partial charge is 0.384 e. The Balaban J connectivity index is 1.35. The van der Waals surface area contributed by atoms with Crippen molar-refractivity contribution < 1.29 is 14.0 Å². The molecule has 0 bridgehead atoms. The number of amides is 2. The standard InChI is InChI=1S/C20H22FN5O2/c21-14-2-3-16-15(9-14)17(27)10-20(25-16)5-7-26(8-6-20)19(28)24-12-13-1-4-18(22)23-11-13/h1-4,9,11,25H,5-8,10,12H2,(H2,22,23)(H,24,28). The van der Waals surface area contributed by atoms with Crippen LogP contribution in [0.1, 0.15) is 35.2 Å². The number of hydrogen-bond acceptors (Lipinski definition) is 5. The third-order valence-electron chi connectivity index (χ3n) is 5.48. The number of anilines is 2. The molecule has 0 saturated carbocycles. The average Bonchev–Trinajstić information content (AvgIpc) is 2.69. The molecule has 8 heteroatoms. The third-order valence-corrected chi connectivity index (χ3v) is 5.48. The van der Waals surface area contributed by atoms with Gasteiger partial charge in [0.05, 0.1) is 0 Å². The van der Waals surface area contributed by atoms with Crippen LogP contribution >= 0.6 is 0 Å². The maximum atomic E-state index is 13.4. The molecule has 1 fully saturated rings. The topological polar surface area (TPSA) is 100 Å². The normalized spacial score (nSPS) is 17.8. The second-order valence-electron chi connectivity index (χ2n) is 7.43. The van der Waals surface area contributed by atoms with Crippen LogP contribution in [0.3, 0.4) is 0 Å². The number of rotatable bonds is 2. The Morgan fingerprint density at radius 1 is 1.29 bits per heavy atom. The first-order valence-electron chi connectivity index (χ1n) is 9.28. The molecule has 1 aromatic carbocycles. The van der Waals surface area contributed by atoms with E-state index in [0.29, 0.717) is 56.0 Å². The highest BCUT2D eigenvalue weighted by Crippen LogP contribution is 2.37. The molecule has 2 aliphatic heterocycles. The van der Waals surface area contributed by atoms with E-state index in [1.807, 2.05) is 6.07 Å². The Hall–Kier alpha value is -3.16. The van der Waals surface area contributed by atoms with Gasteiger partial charge in [-0.25, -0.2) is 14.2 Å². The first kappa shape index (κ1) is 18.2.